The lowest BCUT2D eigenvalue weighted by Crippen LogP contribution is -1.99. The first kappa shape index (κ1) is 16.5. The lowest BCUT2D eigenvalue weighted by atomic mass is 10.4. The van der Waals surface area contributed by atoms with E-state index in [-0.39, 0.29) is 21.5 Å². The van der Waals surface area contributed by atoms with Crippen LogP contribution in [0.3, 0.4) is 0 Å². The van der Waals surface area contributed by atoms with Crippen molar-refractivity contribution in [3.63, 3.8) is 0 Å². The maximum absolute atomic E-state index is 8.24. The molecule has 0 radical (unpaired) electrons. The molecule has 0 aromatic rings. The molecule has 0 bridgehead atoms. The smallest absolute Gasteiger partial charge is 0.0697 e. The average Bonchev–Trinajstić information content (AvgIpc) is 1.81. The van der Waals surface area contributed by atoms with E-state index >= 15 is 0 Å². The van der Waals surface area contributed by atoms with Crippen LogP contribution in [-0.2, 0) is 4.74 Å². The van der Waals surface area contributed by atoms with Gasteiger partial charge in [-0.2, -0.15) is 0 Å². The molecule has 10 heavy (non-hydrogen) atoms. The fraction of sp³-hybridized carbons (Fsp3) is 1.00. The van der Waals surface area contributed by atoms with Gasteiger partial charge in [-0.1, -0.05) is 28.2 Å². The summed E-state index contributed by atoms with van der Waals surface area (Å²) in [5, 5.41) is 8.24. The third-order valence-electron chi connectivity index (χ3n) is 0.878. The van der Waals surface area contributed by atoms with Crippen LogP contribution in [0.2, 0.25) is 0 Å². The summed E-state index contributed by atoms with van der Waals surface area (Å²) in [6, 6.07) is 0. The highest BCUT2D eigenvalue weighted by Crippen LogP contribution is 1.85. The second kappa shape index (κ2) is 16.0. The first-order valence-corrected chi connectivity index (χ1v) is 3.10. The maximum atomic E-state index is 8.24. The van der Waals surface area contributed by atoms with E-state index in [4.69, 9.17) is 9.84 Å². The van der Waals surface area contributed by atoms with Crippen LogP contribution in [0.1, 0.15) is 34.6 Å². The first-order chi connectivity index (χ1) is 3.91. The number of unbranched alkanes of at least 4 members (excludes halogenated alkanes) is 1. The molecule has 0 aliphatic rings. The molecular weight excluding hydrogens is 128 g/mol. The Labute approximate surface area is 65.2 Å². The van der Waals surface area contributed by atoms with E-state index in [1.807, 2.05) is 0 Å². The summed E-state index contributed by atoms with van der Waals surface area (Å²) in [4.78, 5) is 0. The van der Waals surface area contributed by atoms with Crippen LogP contribution in [-0.4, -0.2) is 24.9 Å². The second-order valence-electron chi connectivity index (χ2n) is 1.69. The molecule has 0 saturated carbocycles. The molecule has 0 rings (SSSR count). The van der Waals surface area contributed by atoms with Gasteiger partial charge in [-0.25, -0.2) is 0 Å². The number of aliphatic hydroxyl groups is 1. The lowest BCUT2D eigenvalue weighted by molar-refractivity contribution is 0.0904. The SMILES string of the molecule is C.C.CCCCOCCO. The van der Waals surface area contributed by atoms with Crippen molar-refractivity contribution in [3.05, 3.63) is 0 Å². The molecule has 0 aliphatic heterocycles. The number of aliphatic hydroxyl groups excluding tert-OH is 1. The van der Waals surface area contributed by atoms with Crippen molar-refractivity contribution in [2.75, 3.05) is 19.8 Å². The largest absolute Gasteiger partial charge is 0.394 e. The van der Waals surface area contributed by atoms with Crippen molar-refractivity contribution in [2.45, 2.75) is 34.6 Å². The van der Waals surface area contributed by atoms with E-state index in [9.17, 15) is 0 Å². The molecule has 0 spiro atoms. The molecule has 0 saturated heterocycles. The Morgan fingerprint density at radius 3 is 2.20 bits per heavy atom. The molecule has 0 heterocycles. The van der Waals surface area contributed by atoms with Gasteiger partial charge >= 0.3 is 0 Å². The van der Waals surface area contributed by atoms with Gasteiger partial charge < -0.3 is 9.84 Å². The Morgan fingerprint density at radius 1 is 1.20 bits per heavy atom. The van der Waals surface area contributed by atoms with Gasteiger partial charge in [0, 0.05) is 6.61 Å². The molecule has 2 heteroatoms. The summed E-state index contributed by atoms with van der Waals surface area (Å²) in [6.45, 7) is 3.53. The summed E-state index contributed by atoms with van der Waals surface area (Å²) in [5.41, 5.74) is 0. The first-order valence-electron chi connectivity index (χ1n) is 3.10. The molecule has 1 N–H and O–H groups in total. The zero-order valence-electron chi connectivity index (χ0n) is 5.39. The number of hydrogen-bond acceptors (Lipinski definition) is 2. The van der Waals surface area contributed by atoms with Gasteiger partial charge in [0.05, 0.1) is 13.2 Å². The van der Waals surface area contributed by atoms with Crippen molar-refractivity contribution in [3.8, 4) is 0 Å². The highest BCUT2D eigenvalue weighted by molar-refractivity contribution is 4.30. The standard InChI is InChI=1S/C6H14O2.2CH4/c1-2-3-5-8-6-4-7;;/h7H,2-6H2,1H3;2*1H4. The third-order valence-corrected chi connectivity index (χ3v) is 0.878. The minimum Gasteiger partial charge on any atom is -0.394 e. The van der Waals surface area contributed by atoms with Crippen LogP contribution in [0, 0.1) is 0 Å². The topological polar surface area (TPSA) is 29.5 Å². The van der Waals surface area contributed by atoms with Crippen LogP contribution in [0.4, 0.5) is 0 Å². The fourth-order valence-electron chi connectivity index (χ4n) is 0.413. The van der Waals surface area contributed by atoms with Crippen molar-refractivity contribution in [1.82, 2.24) is 0 Å². The number of hydrogen-bond donors (Lipinski definition) is 1. The summed E-state index contributed by atoms with van der Waals surface area (Å²) < 4.78 is 4.97. The predicted octanol–water partition coefficient (Wildman–Crippen LogP) is 2.07. The van der Waals surface area contributed by atoms with Gasteiger partial charge in [0.1, 0.15) is 0 Å². The minimum atomic E-state index is 0. The van der Waals surface area contributed by atoms with Gasteiger partial charge in [-0.05, 0) is 6.42 Å². The van der Waals surface area contributed by atoms with Crippen LogP contribution in [0.5, 0.6) is 0 Å². The lowest BCUT2D eigenvalue weighted by Gasteiger charge is -1.97. The van der Waals surface area contributed by atoms with Crippen LogP contribution in [0.25, 0.3) is 0 Å². The van der Waals surface area contributed by atoms with Crippen LogP contribution in [0.15, 0.2) is 0 Å². The molecule has 0 atom stereocenters. The van der Waals surface area contributed by atoms with Gasteiger partial charge in [0.15, 0.2) is 0 Å². The molecule has 0 unspecified atom stereocenters. The molecule has 2 nitrogen and oxygen atoms in total. The number of ether oxygens (including phenoxy) is 1. The summed E-state index contributed by atoms with van der Waals surface area (Å²) in [7, 11) is 0. The summed E-state index contributed by atoms with van der Waals surface area (Å²) in [5.74, 6) is 0. The maximum Gasteiger partial charge on any atom is 0.0697 e. The van der Waals surface area contributed by atoms with Gasteiger partial charge in [0.25, 0.3) is 0 Å². The van der Waals surface area contributed by atoms with E-state index < -0.39 is 0 Å². The molecular formula is C8H22O2. The van der Waals surface area contributed by atoms with E-state index in [0.717, 1.165) is 19.4 Å². The second-order valence-corrected chi connectivity index (χ2v) is 1.69. The zero-order valence-corrected chi connectivity index (χ0v) is 5.39. The van der Waals surface area contributed by atoms with E-state index in [1.165, 1.54) is 0 Å². The molecule has 0 aromatic carbocycles. The Morgan fingerprint density at radius 2 is 1.80 bits per heavy atom. The fourth-order valence-corrected chi connectivity index (χ4v) is 0.413. The summed E-state index contributed by atoms with van der Waals surface area (Å²) >= 11 is 0. The van der Waals surface area contributed by atoms with Crippen LogP contribution >= 0.6 is 0 Å². The van der Waals surface area contributed by atoms with E-state index in [1.54, 1.807) is 0 Å². The average molecular weight is 150 g/mol. The molecule has 0 aliphatic carbocycles. The van der Waals surface area contributed by atoms with Crippen molar-refractivity contribution in [1.29, 1.82) is 0 Å². The Bertz CT molecular complexity index is 32.2. The van der Waals surface area contributed by atoms with E-state index in [2.05, 4.69) is 6.92 Å². The van der Waals surface area contributed by atoms with Gasteiger partial charge in [-0.15, -0.1) is 0 Å². The number of rotatable bonds is 5. The monoisotopic (exact) mass is 150 g/mol. The molecule has 0 fully saturated rings. The van der Waals surface area contributed by atoms with Crippen LogP contribution < -0.4 is 0 Å². The Hall–Kier alpha value is -0.0800. The highest BCUT2D eigenvalue weighted by Gasteiger charge is 1.82. The van der Waals surface area contributed by atoms with Gasteiger partial charge in [-0.3, -0.25) is 0 Å². The molecule has 0 aromatic heterocycles. The molecule has 66 valence electrons. The minimum absolute atomic E-state index is 0. The molecule has 0 amide bonds. The van der Waals surface area contributed by atoms with Gasteiger partial charge in [0.2, 0.25) is 0 Å². The summed E-state index contributed by atoms with van der Waals surface area (Å²) in [6.07, 6.45) is 2.26. The van der Waals surface area contributed by atoms with Crippen molar-refractivity contribution >= 4 is 0 Å². The normalized spacial score (nSPS) is 7.80. The Kier molecular flexibility index (Phi) is 26.3. The predicted molar refractivity (Wildman–Crippen MR) is 46.3 cm³/mol. The van der Waals surface area contributed by atoms with E-state index in [0.29, 0.717) is 6.61 Å². The highest BCUT2D eigenvalue weighted by atomic mass is 16.5. The van der Waals surface area contributed by atoms with Crippen molar-refractivity contribution in [2.24, 2.45) is 0 Å². The quantitative estimate of drug-likeness (QED) is 0.608. The van der Waals surface area contributed by atoms with Crippen molar-refractivity contribution < 1.29 is 9.84 Å². The Balaban J connectivity index is -0.000000245. The third kappa shape index (κ3) is 15.7. The zero-order chi connectivity index (χ0) is 6.24.